The van der Waals surface area contributed by atoms with Crippen LogP contribution in [0.5, 0.6) is 0 Å². The minimum atomic E-state index is 0.715. The quantitative estimate of drug-likeness (QED) is 0.601. The van der Waals surface area contributed by atoms with Crippen molar-refractivity contribution < 1.29 is 4.58 Å². The molecule has 168 valence electrons. The molecule has 0 unspecified atom stereocenters. The van der Waals surface area contributed by atoms with Crippen molar-refractivity contribution in [3.05, 3.63) is 0 Å². The van der Waals surface area contributed by atoms with Gasteiger partial charge in [-0.15, -0.1) is 0 Å². The first kappa shape index (κ1) is 19.9. The number of hydrogen-bond acceptors (Lipinski definition) is 2. The highest BCUT2D eigenvalue weighted by atomic mass is 15.4. The molecule has 0 aromatic rings. The monoisotopic (exact) mass is 412 g/mol. The molecule has 0 aromatic carbocycles. The fourth-order valence-electron chi connectivity index (χ4n) is 9.48. The molecule has 5 fully saturated rings. The van der Waals surface area contributed by atoms with E-state index < -0.39 is 0 Å². The molecule has 2 atom stereocenters. The molecule has 0 amide bonds. The van der Waals surface area contributed by atoms with Gasteiger partial charge in [0.05, 0.1) is 13.1 Å². The summed E-state index contributed by atoms with van der Waals surface area (Å²) < 4.78 is 2.85. The second kappa shape index (κ2) is 7.69. The lowest BCUT2D eigenvalue weighted by Crippen LogP contribution is -2.50. The maximum Gasteiger partial charge on any atom is 0.349 e. The average molecular weight is 413 g/mol. The van der Waals surface area contributed by atoms with Crippen LogP contribution in [0.25, 0.3) is 0 Å². The van der Waals surface area contributed by atoms with Gasteiger partial charge in [-0.1, -0.05) is 33.1 Å². The Morgan fingerprint density at radius 1 is 1.00 bits per heavy atom. The van der Waals surface area contributed by atoms with E-state index in [0.717, 1.165) is 41.7 Å². The molecule has 3 heteroatoms. The average Bonchev–Trinajstić information content (AvgIpc) is 3.24. The lowest BCUT2D eigenvalue weighted by Gasteiger charge is -2.57. The Bertz CT molecular complexity index is 638. The first-order chi connectivity index (χ1) is 14.6. The highest BCUT2D eigenvalue weighted by molar-refractivity contribution is 5.77. The lowest BCUT2D eigenvalue weighted by molar-refractivity contribution is -0.559. The van der Waals surface area contributed by atoms with E-state index in [1.807, 2.05) is 0 Å². The molecule has 5 aliphatic carbocycles. The van der Waals surface area contributed by atoms with Crippen LogP contribution in [-0.2, 0) is 0 Å². The van der Waals surface area contributed by atoms with Gasteiger partial charge in [0, 0.05) is 0 Å². The van der Waals surface area contributed by atoms with E-state index in [2.05, 4.69) is 28.6 Å². The fraction of sp³-hybridized carbons (Fsp3) is 0.963. The minimum absolute atomic E-state index is 0.715. The van der Waals surface area contributed by atoms with E-state index in [4.69, 9.17) is 0 Å². The molecule has 0 radical (unpaired) electrons. The molecular weight excluding hydrogens is 366 g/mol. The Hall–Kier alpha value is -0.730. The Morgan fingerprint density at radius 2 is 1.67 bits per heavy atom. The molecule has 7 rings (SSSR count). The van der Waals surface area contributed by atoms with E-state index in [1.54, 1.807) is 44.5 Å². The number of hydrogen-bond donors (Lipinski definition) is 1. The van der Waals surface area contributed by atoms with Crippen molar-refractivity contribution in [1.29, 1.82) is 0 Å². The van der Waals surface area contributed by atoms with Crippen molar-refractivity contribution in [3.63, 3.8) is 0 Å². The Morgan fingerprint density at radius 3 is 2.30 bits per heavy atom. The van der Waals surface area contributed by atoms with Gasteiger partial charge in [-0.2, -0.15) is 0 Å². The van der Waals surface area contributed by atoms with E-state index in [-0.39, 0.29) is 0 Å². The molecule has 4 bridgehead atoms. The van der Waals surface area contributed by atoms with Crippen LogP contribution in [0.3, 0.4) is 0 Å². The van der Waals surface area contributed by atoms with Gasteiger partial charge in [-0.25, -0.2) is 0 Å². The minimum Gasteiger partial charge on any atom is -0.274 e. The normalized spacial score (nSPS) is 43.0. The van der Waals surface area contributed by atoms with Gasteiger partial charge in [0.2, 0.25) is 0 Å². The summed E-state index contributed by atoms with van der Waals surface area (Å²) in [5.41, 5.74) is 0.715. The smallest absolute Gasteiger partial charge is 0.274 e. The van der Waals surface area contributed by atoms with Crippen LogP contribution in [0, 0.1) is 35.0 Å². The van der Waals surface area contributed by atoms with Gasteiger partial charge in [0.15, 0.2) is 0 Å². The molecule has 2 aliphatic heterocycles. The number of nitrogens with zero attached hydrogens (tertiary/aromatic N) is 2. The molecule has 3 nitrogen and oxygen atoms in total. The second-order valence-corrected chi connectivity index (χ2v) is 13.0. The van der Waals surface area contributed by atoms with Gasteiger partial charge in [0.25, 0.3) is 0 Å². The number of rotatable bonds is 6. The SMILES string of the molecule is CC(C)C[C@@H]1C[N+]2=C(NC[C@H]2C2CCCCC2)N1CCC12CC3CC(CC(C3)C1)C2. The van der Waals surface area contributed by atoms with Crippen LogP contribution >= 0.6 is 0 Å². The second-order valence-electron chi connectivity index (χ2n) is 13.0. The first-order valence-corrected chi connectivity index (χ1v) is 13.7. The number of nitrogens with one attached hydrogen (secondary N) is 1. The van der Waals surface area contributed by atoms with Crippen LogP contribution in [0.2, 0.25) is 0 Å². The van der Waals surface area contributed by atoms with Gasteiger partial charge in [-0.05, 0) is 99.2 Å². The zero-order valence-electron chi connectivity index (χ0n) is 19.7. The van der Waals surface area contributed by atoms with Crippen molar-refractivity contribution in [1.82, 2.24) is 10.2 Å². The highest BCUT2D eigenvalue weighted by Gasteiger charge is 2.52. The lowest BCUT2D eigenvalue weighted by atomic mass is 9.49. The first-order valence-electron chi connectivity index (χ1n) is 13.7. The van der Waals surface area contributed by atoms with Crippen LogP contribution < -0.4 is 5.32 Å². The fourth-order valence-corrected chi connectivity index (χ4v) is 9.48. The van der Waals surface area contributed by atoms with Crippen molar-refractivity contribution in [3.8, 4) is 0 Å². The molecule has 1 N–H and O–H groups in total. The van der Waals surface area contributed by atoms with Crippen LogP contribution in [0.4, 0.5) is 0 Å². The van der Waals surface area contributed by atoms with Gasteiger partial charge in [0.1, 0.15) is 18.6 Å². The summed E-state index contributed by atoms with van der Waals surface area (Å²) >= 11 is 0. The third-order valence-electron chi connectivity index (χ3n) is 10.2. The topological polar surface area (TPSA) is 18.3 Å². The van der Waals surface area contributed by atoms with Crippen LogP contribution in [0.15, 0.2) is 0 Å². The van der Waals surface area contributed by atoms with E-state index in [0.29, 0.717) is 5.41 Å². The van der Waals surface area contributed by atoms with Crippen molar-refractivity contribution in [2.24, 2.45) is 35.0 Å². The number of guanidine groups is 1. The Balaban J connectivity index is 1.18. The summed E-state index contributed by atoms with van der Waals surface area (Å²) in [4.78, 5) is 2.88. The molecule has 30 heavy (non-hydrogen) atoms. The maximum atomic E-state index is 3.95. The molecule has 0 spiro atoms. The molecule has 2 heterocycles. The van der Waals surface area contributed by atoms with Gasteiger partial charge >= 0.3 is 5.96 Å². The Labute approximate surface area is 185 Å². The third kappa shape index (κ3) is 3.51. The zero-order valence-corrected chi connectivity index (χ0v) is 19.7. The van der Waals surface area contributed by atoms with Crippen molar-refractivity contribution in [2.45, 2.75) is 109 Å². The maximum absolute atomic E-state index is 3.95. The summed E-state index contributed by atoms with van der Waals surface area (Å²) in [6, 6.07) is 1.52. The van der Waals surface area contributed by atoms with E-state index in [1.165, 1.54) is 64.6 Å². The molecule has 0 saturated heterocycles. The van der Waals surface area contributed by atoms with Crippen molar-refractivity contribution >= 4 is 5.96 Å². The molecule has 5 saturated carbocycles. The van der Waals surface area contributed by atoms with E-state index >= 15 is 0 Å². The molecule has 7 aliphatic rings. The summed E-state index contributed by atoms with van der Waals surface area (Å²) in [5.74, 6) is 6.54. The zero-order chi connectivity index (χ0) is 20.3. The Kier molecular flexibility index (Phi) is 5.11. The summed E-state index contributed by atoms with van der Waals surface area (Å²) in [7, 11) is 0. The standard InChI is InChI=1S/C27H45N3/c1-19(2)10-24-18-30-25(23-6-4-3-5-7-23)17-28-26(30)29(24)9-8-27-14-20-11-21(15-27)13-22(12-20)16-27/h19-25H,3-18H2,1-2H3/p+1/t20?,21?,22?,24-,25+,27?/m1/s1. The molecule has 0 aromatic heterocycles. The third-order valence-corrected chi connectivity index (χ3v) is 10.2. The van der Waals surface area contributed by atoms with E-state index in [9.17, 15) is 0 Å². The highest BCUT2D eigenvalue weighted by Crippen LogP contribution is 2.61. The van der Waals surface area contributed by atoms with Gasteiger partial charge < -0.3 is 0 Å². The van der Waals surface area contributed by atoms with Crippen molar-refractivity contribution in [2.75, 3.05) is 19.6 Å². The largest absolute Gasteiger partial charge is 0.349 e. The summed E-state index contributed by atoms with van der Waals surface area (Å²) in [6.45, 7) is 8.68. The predicted octanol–water partition coefficient (Wildman–Crippen LogP) is 5.24. The molecular formula is C27H46N3+. The summed E-state index contributed by atoms with van der Waals surface area (Å²) in [6.07, 6.45) is 19.6. The summed E-state index contributed by atoms with van der Waals surface area (Å²) in [5, 5.41) is 3.95. The van der Waals surface area contributed by atoms with Crippen LogP contribution in [-0.4, -0.2) is 47.2 Å². The van der Waals surface area contributed by atoms with Crippen LogP contribution in [0.1, 0.15) is 97.3 Å². The predicted molar refractivity (Wildman–Crippen MR) is 124 cm³/mol. The van der Waals surface area contributed by atoms with Gasteiger partial charge in [-0.3, -0.25) is 14.8 Å².